The van der Waals surface area contributed by atoms with Crippen LogP contribution in [0.3, 0.4) is 0 Å². The molecule has 0 aliphatic carbocycles. The molecule has 0 amide bonds. The minimum Gasteiger partial charge on any atom is -0.381 e. The average Bonchev–Trinajstić information content (AvgIpc) is 2.72. The molecule has 0 spiro atoms. The van der Waals surface area contributed by atoms with Gasteiger partial charge in [0.1, 0.15) is 6.29 Å². The SMILES string of the molecule is CC(C)N(C)c1ccc(NCc2ccccc2)cc1C1(C=O)CCNCC1. The van der Waals surface area contributed by atoms with Crippen LogP contribution in [0.4, 0.5) is 11.4 Å². The topological polar surface area (TPSA) is 44.4 Å². The monoisotopic (exact) mass is 365 g/mol. The van der Waals surface area contributed by atoms with E-state index in [9.17, 15) is 4.79 Å². The summed E-state index contributed by atoms with van der Waals surface area (Å²) >= 11 is 0. The highest BCUT2D eigenvalue weighted by Gasteiger charge is 2.36. The van der Waals surface area contributed by atoms with Crippen molar-refractivity contribution in [3.05, 3.63) is 59.7 Å². The van der Waals surface area contributed by atoms with E-state index in [1.165, 1.54) is 11.8 Å². The molecule has 0 atom stereocenters. The fourth-order valence-electron chi connectivity index (χ4n) is 3.75. The van der Waals surface area contributed by atoms with Crippen LogP contribution in [0.5, 0.6) is 0 Å². The third-order valence-electron chi connectivity index (χ3n) is 5.75. The van der Waals surface area contributed by atoms with Gasteiger partial charge in [-0.1, -0.05) is 30.3 Å². The minimum atomic E-state index is -0.409. The first-order valence-electron chi connectivity index (χ1n) is 9.88. The molecule has 4 heteroatoms. The van der Waals surface area contributed by atoms with Gasteiger partial charge in [-0.05, 0) is 69.1 Å². The van der Waals surface area contributed by atoms with Crippen molar-refractivity contribution in [2.75, 3.05) is 30.4 Å². The number of carbonyl (C=O) groups excluding carboxylic acids is 1. The maximum absolute atomic E-state index is 12.3. The van der Waals surface area contributed by atoms with Crippen molar-refractivity contribution >= 4 is 17.7 Å². The van der Waals surface area contributed by atoms with Gasteiger partial charge in [-0.3, -0.25) is 0 Å². The molecule has 2 aromatic carbocycles. The molecule has 1 saturated heterocycles. The Hall–Kier alpha value is -2.33. The van der Waals surface area contributed by atoms with Crippen LogP contribution in [0.2, 0.25) is 0 Å². The summed E-state index contributed by atoms with van der Waals surface area (Å²) in [6.45, 7) is 6.90. The van der Waals surface area contributed by atoms with Gasteiger partial charge in [-0.15, -0.1) is 0 Å². The minimum absolute atomic E-state index is 0.372. The molecule has 1 aliphatic rings. The van der Waals surface area contributed by atoms with Gasteiger partial charge in [0.15, 0.2) is 0 Å². The first-order chi connectivity index (χ1) is 13.1. The molecule has 0 unspecified atom stereocenters. The number of aldehydes is 1. The number of nitrogens with zero attached hydrogens (tertiary/aromatic N) is 1. The number of anilines is 2. The summed E-state index contributed by atoms with van der Waals surface area (Å²) in [5.74, 6) is 0. The summed E-state index contributed by atoms with van der Waals surface area (Å²) in [5, 5.41) is 6.92. The normalized spacial score (nSPS) is 16.1. The molecular formula is C23H31N3O. The van der Waals surface area contributed by atoms with E-state index in [4.69, 9.17) is 0 Å². The van der Waals surface area contributed by atoms with E-state index in [1.807, 2.05) is 6.07 Å². The third kappa shape index (κ3) is 4.33. The molecule has 2 N–H and O–H groups in total. The van der Waals surface area contributed by atoms with Gasteiger partial charge in [0.2, 0.25) is 0 Å². The Morgan fingerprint density at radius 1 is 1.15 bits per heavy atom. The van der Waals surface area contributed by atoms with Crippen LogP contribution in [-0.4, -0.2) is 32.5 Å². The van der Waals surface area contributed by atoms with Crippen LogP contribution in [-0.2, 0) is 16.8 Å². The van der Waals surface area contributed by atoms with Crippen LogP contribution >= 0.6 is 0 Å². The highest BCUT2D eigenvalue weighted by atomic mass is 16.1. The van der Waals surface area contributed by atoms with Crippen LogP contribution in [0.15, 0.2) is 48.5 Å². The number of hydrogen-bond acceptors (Lipinski definition) is 4. The molecule has 0 saturated carbocycles. The Balaban J connectivity index is 1.94. The lowest BCUT2D eigenvalue weighted by molar-refractivity contribution is -0.113. The van der Waals surface area contributed by atoms with E-state index in [1.54, 1.807) is 0 Å². The van der Waals surface area contributed by atoms with Gasteiger partial charge in [0.25, 0.3) is 0 Å². The number of hydrogen-bond donors (Lipinski definition) is 2. The van der Waals surface area contributed by atoms with Crippen molar-refractivity contribution in [3.63, 3.8) is 0 Å². The molecule has 4 nitrogen and oxygen atoms in total. The van der Waals surface area contributed by atoms with Gasteiger partial charge in [0.05, 0.1) is 5.41 Å². The highest BCUT2D eigenvalue weighted by molar-refractivity contribution is 5.76. The predicted octanol–water partition coefficient (Wildman–Crippen LogP) is 3.96. The molecule has 3 rings (SSSR count). The molecule has 0 aromatic heterocycles. The second-order valence-corrected chi connectivity index (χ2v) is 7.80. The lowest BCUT2D eigenvalue weighted by Gasteiger charge is -2.37. The fraction of sp³-hybridized carbons (Fsp3) is 0.435. The average molecular weight is 366 g/mol. The molecule has 144 valence electrons. The highest BCUT2D eigenvalue weighted by Crippen LogP contribution is 2.39. The summed E-state index contributed by atoms with van der Waals surface area (Å²) in [6, 6.07) is 17.2. The van der Waals surface area contributed by atoms with Crippen molar-refractivity contribution in [1.82, 2.24) is 5.32 Å². The summed E-state index contributed by atoms with van der Waals surface area (Å²) in [4.78, 5) is 14.5. The largest absolute Gasteiger partial charge is 0.381 e. The van der Waals surface area contributed by atoms with E-state index in [-0.39, 0.29) is 0 Å². The summed E-state index contributed by atoms with van der Waals surface area (Å²) in [7, 11) is 2.11. The zero-order valence-electron chi connectivity index (χ0n) is 16.7. The van der Waals surface area contributed by atoms with Crippen LogP contribution in [0.1, 0.15) is 37.8 Å². The molecule has 1 fully saturated rings. The molecule has 1 heterocycles. The molecule has 2 aromatic rings. The summed E-state index contributed by atoms with van der Waals surface area (Å²) < 4.78 is 0. The number of rotatable bonds is 7. The van der Waals surface area contributed by atoms with E-state index < -0.39 is 5.41 Å². The molecule has 27 heavy (non-hydrogen) atoms. The van der Waals surface area contributed by atoms with Gasteiger partial charge >= 0.3 is 0 Å². The van der Waals surface area contributed by atoms with E-state index in [0.717, 1.165) is 49.4 Å². The molecule has 1 aliphatic heterocycles. The first-order valence-corrected chi connectivity index (χ1v) is 9.88. The second-order valence-electron chi connectivity index (χ2n) is 7.80. The van der Waals surface area contributed by atoms with Gasteiger partial charge in [-0.25, -0.2) is 0 Å². The van der Waals surface area contributed by atoms with E-state index >= 15 is 0 Å². The third-order valence-corrected chi connectivity index (χ3v) is 5.75. The predicted molar refractivity (Wildman–Crippen MR) is 114 cm³/mol. The van der Waals surface area contributed by atoms with Crippen LogP contribution in [0, 0.1) is 0 Å². The van der Waals surface area contributed by atoms with Crippen LogP contribution < -0.4 is 15.5 Å². The lowest BCUT2D eigenvalue weighted by atomic mass is 9.73. The first kappa shape index (κ1) is 19.4. The Kier molecular flexibility index (Phi) is 6.17. The van der Waals surface area contributed by atoms with Gasteiger partial charge < -0.3 is 20.3 Å². The Bertz CT molecular complexity index is 751. The summed E-state index contributed by atoms with van der Waals surface area (Å²) in [5.41, 5.74) is 4.20. The molecule has 0 radical (unpaired) electrons. The zero-order chi connectivity index (χ0) is 19.3. The maximum atomic E-state index is 12.3. The lowest BCUT2D eigenvalue weighted by Crippen LogP contribution is -2.42. The Morgan fingerprint density at radius 2 is 1.85 bits per heavy atom. The number of piperidine rings is 1. The second kappa shape index (κ2) is 8.57. The number of benzene rings is 2. The van der Waals surface area contributed by atoms with E-state index in [2.05, 4.69) is 78.9 Å². The zero-order valence-corrected chi connectivity index (χ0v) is 16.7. The van der Waals surface area contributed by atoms with Crippen molar-refractivity contribution in [2.24, 2.45) is 0 Å². The van der Waals surface area contributed by atoms with Gasteiger partial charge in [0, 0.05) is 31.0 Å². The Labute approximate surface area is 163 Å². The smallest absolute Gasteiger partial charge is 0.130 e. The van der Waals surface area contributed by atoms with Crippen molar-refractivity contribution < 1.29 is 4.79 Å². The summed E-state index contributed by atoms with van der Waals surface area (Å²) in [6.07, 6.45) is 2.87. The standard InChI is InChI=1S/C23H31N3O/c1-18(2)26(3)22-10-9-20(25-16-19-7-5-4-6-8-19)15-21(22)23(17-27)11-13-24-14-12-23/h4-10,15,17-18,24-25H,11-14,16H2,1-3H3. The Morgan fingerprint density at radius 3 is 2.48 bits per heavy atom. The van der Waals surface area contributed by atoms with Crippen LogP contribution in [0.25, 0.3) is 0 Å². The van der Waals surface area contributed by atoms with Gasteiger partial charge in [-0.2, -0.15) is 0 Å². The van der Waals surface area contributed by atoms with Crippen molar-refractivity contribution in [1.29, 1.82) is 0 Å². The van der Waals surface area contributed by atoms with E-state index in [0.29, 0.717) is 6.04 Å². The molecule has 0 bridgehead atoms. The molecular weight excluding hydrogens is 334 g/mol. The number of nitrogens with one attached hydrogen (secondary N) is 2. The van der Waals surface area contributed by atoms with Crippen molar-refractivity contribution in [3.8, 4) is 0 Å². The van der Waals surface area contributed by atoms with Crippen molar-refractivity contribution in [2.45, 2.75) is 44.7 Å². The maximum Gasteiger partial charge on any atom is 0.130 e. The quantitative estimate of drug-likeness (QED) is 0.729. The number of carbonyl (C=O) groups is 1. The fourth-order valence-corrected chi connectivity index (χ4v) is 3.75.